The zero-order chi connectivity index (χ0) is 15.0. The molecule has 2 heterocycles. The molecule has 0 aliphatic carbocycles. The molecule has 0 saturated heterocycles. The molecular formula is C14H12Cl2N2OS2. The highest BCUT2D eigenvalue weighted by Gasteiger charge is 2.20. The van der Waals surface area contributed by atoms with Crippen molar-refractivity contribution in [1.82, 2.24) is 9.55 Å². The van der Waals surface area contributed by atoms with Gasteiger partial charge >= 0.3 is 0 Å². The largest absolute Gasteiger partial charge is 0.290 e. The fraction of sp³-hybridized carbons (Fsp3) is 0.286. The zero-order valence-electron chi connectivity index (χ0n) is 11.2. The Morgan fingerprint density at radius 3 is 2.95 bits per heavy atom. The summed E-state index contributed by atoms with van der Waals surface area (Å²) in [5.41, 5.74) is 2.04. The van der Waals surface area contributed by atoms with E-state index in [1.54, 1.807) is 29.4 Å². The fourth-order valence-electron chi connectivity index (χ4n) is 2.07. The van der Waals surface area contributed by atoms with Gasteiger partial charge in [-0.2, -0.15) is 0 Å². The molecule has 1 aliphatic rings. The molecule has 0 unspecified atom stereocenters. The van der Waals surface area contributed by atoms with Crippen molar-refractivity contribution in [3.63, 3.8) is 0 Å². The maximum absolute atomic E-state index is 12.2. The number of rotatable bonds is 3. The quantitative estimate of drug-likeness (QED) is 0.612. The highest BCUT2D eigenvalue weighted by molar-refractivity contribution is 7.99. The van der Waals surface area contributed by atoms with Crippen LogP contribution >= 0.6 is 46.7 Å². The number of halogens is 2. The van der Waals surface area contributed by atoms with Gasteiger partial charge in [-0.25, -0.2) is 4.98 Å². The molecular weight excluding hydrogens is 347 g/mol. The van der Waals surface area contributed by atoms with Crippen molar-refractivity contribution in [2.24, 2.45) is 7.05 Å². The number of aromatic nitrogens is 2. The predicted octanol–water partition coefficient (Wildman–Crippen LogP) is 4.03. The van der Waals surface area contributed by atoms with Crippen molar-refractivity contribution in [2.75, 3.05) is 5.75 Å². The van der Waals surface area contributed by atoms with E-state index in [0.717, 1.165) is 33.5 Å². The first-order valence-electron chi connectivity index (χ1n) is 6.35. The second-order valence-corrected chi connectivity index (χ2v) is 7.53. The van der Waals surface area contributed by atoms with E-state index in [4.69, 9.17) is 23.2 Å². The van der Waals surface area contributed by atoms with Crippen molar-refractivity contribution >= 4 is 46.7 Å². The van der Waals surface area contributed by atoms with E-state index in [1.807, 2.05) is 12.1 Å². The van der Waals surface area contributed by atoms with Crippen LogP contribution in [-0.4, -0.2) is 15.3 Å². The molecule has 2 aromatic rings. The van der Waals surface area contributed by atoms with Gasteiger partial charge in [-0.15, -0.1) is 11.8 Å². The number of thioether (sulfide) groups is 2. The van der Waals surface area contributed by atoms with Gasteiger partial charge in [0.1, 0.15) is 0 Å². The Kier molecular flexibility index (Phi) is 4.54. The third-order valence-electron chi connectivity index (χ3n) is 3.22. The summed E-state index contributed by atoms with van der Waals surface area (Å²) in [6.07, 6.45) is 0.871. The topological polar surface area (TPSA) is 34.9 Å². The number of aryl methyl sites for hydroxylation is 1. The van der Waals surface area contributed by atoms with E-state index in [1.165, 1.54) is 11.8 Å². The summed E-state index contributed by atoms with van der Waals surface area (Å²) < 4.78 is 1.62. The van der Waals surface area contributed by atoms with Gasteiger partial charge in [0, 0.05) is 25.0 Å². The van der Waals surface area contributed by atoms with Gasteiger partial charge in [-0.05, 0) is 17.7 Å². The molecule has 0 bridgehead atoms. The molecule has 110 valence electrons. The Morgan fingerprint density at radius 2 is 2.19 bits per heavy atom. The molecule has 0 saturated carbocycles. The molecule has 1 aromatic carbocycles. The van der Waals surface area contributed by atoms with Crippen molar-refractivity contribution in [3.05, 3.63) is 49.9 Å². The maximum atomic E-state index is 12.2. The fourth-order valence-corrected chi connectivity index (χ4v) is 4.40. The molecule has 0 spiro atoms. The third-order valence-corrected chi connectivity index (χ3v) is 6.16. The number of hydrogen-bond donors (Lipinski definition) is 0. The number of benzene rings is 1. The predicted molar refractivity (Wildman–Crippen MR) is 89.9 cm³/mol. The Hall–Kier alpha value is -0.620. The Bertz CT molecular complexity index is 761. The van der Waals surface area contributed by atoms with Gasteiger partial charge in [0.2, 0.25) is 0 Å². The van der Waals surface area contributed by atoms with Crippen LogP contribution in [0.2, 0.25) is 10.0 Å². The summed E-state index contributed by atoms with van der Waals surface area (Å²) in [4.78, 5) is 17.7. The summed E-state index contributed by atoms with van der Waals surface area (Å²) >= 11 is 15.1. The molecule has 0 radical (unpaired) electrons. The lowest BCUT2D eigenvalue weighted by atomic mass is 10.2. The minimum absolute atomic E-state index is 0.0548. The molecule has 21 heavy (non-hydrogen) atoms. The van der Waals surface area contributed by atoms with E-state index in [0.29, 0.717) is 15.8 Å². The maximum Gasteiger partial charge on any atom is 0.267 e. The number of fused-ring (bicyclic) bond motifs is 1. The van der Waals surface area contributed by atoms with E-state index >= 15 is 0 Å². The van der Waals surface area contributed by atoms with Gasteiger partial charge in [-0.1, -0.05) is 41.0 Å². The van der Waals surface area contributed by atoms with Crippen molar-refractivity contribution in [3.8, 4) is 0 Å². The van der Waals surface area contributed by atoms with E-state index < -0.39 is 0 Å². The highest BCUT2D eigenvalue weighted by atomic mass is 35.5. The first-order valence-corrected chi connectivity index (χ1v) is 9.08. The summed E-state index contributed by atoms with van der Waals surface area (Å²) in [5, 5.41) is 1.83. The smallest absolute Gasteiger partial charge is 0.267 e. The average Bonchev–Trinajstić information content (AvgIpc) is 2.93. The van der Waals surface area contributed by atoms with Crippen molar-refractivity contribution in [2.45, 2.75) is 22.2 Å². The first-order chi connectivity index (χ1) is 10.1. The summed E-state index contributed by atoms with van der Waals surface area (Å²) in [5.74, 6) is 1.64. The SMILES string of the molecule is Cn1c(SCc2ccc(Cl)c(Cl)c2)nc2c(c1=O)SCC2. The van der Waals surface area contributed by atoms with Crippen LogP contribution in [-0.2, 0) is 19.2 Å². The van der Waals surface area contributed by atoms with Gasteiger partial charge in [0.15, 0.2) is 5.16 Å². The summed E-state index contributed by atoms with van der Waals surface area (Å²) in [7, 11) is 1.77. The molecule has 0 fully saturated rings. The Morgan fingerprint density at radius 1 is 1.38 bits per heavy atom. The van der Waals surface area contributed by atoms with Crippen LogP contribution < -0.4 is 5.56 Å². The minimum atomic E-state index is 0.0548. The lowest BCUT2D eigenvalue weighted by molar-refractivity contribution is 0.669. The molecule has 7 heteroatoms. The van der Waals surface area contributed by atoms with Crippen LogP contribution in [0.25, 0.3) is 0 Å². The van der Waals surface area contributed by atoms with E-state index in [-0.39, 0.29) is 5.56 Å². The molecule has 3 nitrogen and oxygen atoms in total. The van der Waals surface area contributed by atoms with E-state index in [2.05, 4.69) is 4.98 Å². The lowest BCUT2D eigenvalue weighted by Crippen LogP contribution is -2.22. The zero-order valence-corrected chi connectivity index (χ0v) is 14.4. The first kappa shape index (κ1) is 15.3. The molecule has 0 amide bonds. The standard InChI is InChI=1S/C14H12Cl2N2OS2/c1-18-13(19)12-11(4-5-20-12)17-14(18)21-7-8-2-3-9(15)10(16)6-8/h2-3,6H,4-5,7H2,1H3. The number of hydrogen-bond acceptors (Lipinski definition) is 4. The Balaban J connectivity index is 1.84. The van der Waals surface area contributed by atoms with Crippen LogP contribution in [0.3, 0.4) is 0 Å². The number of nitrogens with zero attached hydrogens (tertiary/aromatic N) is 2. The van der Waals surface area contributed by atoms with Crippen LogP contribution in [0.15, 0.2) is 33.0 Å². The molecule has 0 N–H and O–H groups in total. The summed E-state index contributed by atoms with van der Waals surface area (Å²) in [6.45, 7) is 0. The molecule has 1 aromatic heterocycles. The monoisotopic (exact) mass is 358 g/mol. The normalized spacial score (nSPS) is 13.5. The van der Waals surface area contributed by atoms with Crippen LogP contribution in [0.4, 0.5) is 0 Å². The minimum Gasteiger partial charge on any atom is -0.290 e. The lowest BCUT2D eigenvalue weighted by Gasteiger charge is -2.09. The molecule has 3 rings (SSSR count). The molecule has 0 atom stereocenters. The van der Waals surface area contributed by atoms with Gasteiger partial charge in [-0.3, -0.25) is 9.36 Å². The third kappa shape index (κ3) is 3.11. The van der Waals surface area contributed by atoms with Crippen LogP contribution in [0.1, 0.15) is 11.3 Å². The van der Waals surface area contributed by atoms with Crippen molar-refractivity contribution < 1.29 is 0 Å². The van der Waals surface area contributed by atoms with Crippen molar-refractivity contribution in [1.29, 1.82) is 0 Å². The van der Waals surface area contributed by atoms with Gasteiger partial charge in [0.25, 0.3) is 5.56 Å². The highest BCUT2D eigenvalue weighted by Crippen LogP contribution is 2.30. The summed E-state index contributed by atoms with van der Waals surface area (Å²) in [6, 6.07) is 5.56. The second-order valence-electron chi connectivity index (χ2n) is 4.67. The van der Waals surface area contributed by atoms with Crippen LogP contribution in [0.5, 0.6) is 0 Å². The molecule has 1 aliphatic heterocycles. The van der Waals surface area contributed by atoms with E-state index in [9.17, 15) is 4.79 Å². The average molecular weight is 359 g/mol. The van der Waals surface area contributed by atoms with Gasteiger partial charge < -0.3 is 0 Å². The Labute approximate surface area is 141 Å². The van der Waals surface area contributed by atoms with Crippen LogP contribution in [0, 0.1) is 0 Å². The van der Waals surface area contributed by atoms with Gasteiger partial charge in [0.05, 0.1) is 20.6 Å². The second kappa shape index (κ2) is 6.24.